The van der Waals surface area contributed by atoms with Gasteiger partial charge in [0, 0.05) is 5.56 Å². The summed E-state index contributed by atoms with van der Waals surface area (Å²) in [6, 6.07) is 18.8. The number of fused-ring (bicyclic) bond motifs is 2. The van der Waals surface area contributed by atoms with Crippen molar-refractivity contribution < 1.29 is 18.9 Å². The van der Waals surface area contributed by atoms with E-state index in [1.807, 2.05) is 42.5 Å². The van der Waals surface area contributed by atoms with Crippen LogP contribution in [0, 0.1) is 0 Å². The standard InChI is InChI=1S/C17H12NO4PS/c19-23(20,21)22-14-8-7-11-9-13(6-5-12(11)10-14)17-18-15-3-1-2-4-16(15)24-17/h1-10H,(H2,19,20,21). The Balaban J connectivity index is 1.75. The zero-order valence-corrected chi connectivity index (χ0v) is 14.0. The number of thiazole rings is 1. The van der Waals surface area contributed by atoms with E-state index in [2.05, 4.69) is 9.51 Å². The lowest BCUT2D eigenvalue weighted by atomic mass is 10.1. The second-order valence-corrected chi connectivity index (χ2v) is 7.49. The number of phosphoric acid groups is 1. The van der Waals surface area contributed by atoms with Gasteiger partial charge in [-0.2, -0.15) is 0 Å². The highest BCUT2D eigenvalue weighted by Gasteiger charge is 2.16. The summed E-state index contributed by atoms with van der Waals surface area (Å²) in [6.07, 6.45) is 0. The average Bonchev–Trinajstić information content (AvgIpc) is 2.97. The van der Waals surface area contributed by atoms with Crippen molar-refractivity contribution in [1.82, 2.24) is 4.98 Å². The molecule has 0 fully saturated rings. The van der Waals surface area contributed by atoms with Crippen LogP contribution in [0.15, 0.2) is 60.7 Å². The first-order valence-electron chi connectivity index (χ1n) is 7.13. The summed E-state index contributed by atoms with van der Waals surface area (Å²) in [5, 5.41) is 2.73. The molecule has 0 radical (unpaired) electrons. The van der Waals surface area contributed by atoms with Crippen molar-refractivity contribution in [1.29, 1.82) is 0 Å². The maximum atomic E-state index is 10.9. The third-order valence-electron chi connectivity index (χ3n) is 3.58. The van der Waals surface area contributed by atoms with Gasteiger partial charge in [-0.1, -0.05) is 30.3 Å². The van der Waals surface area contributed by atoms with E-state index in [0.717, 1.165) is 31.6 Å². The van der Waals surface area contributed by atoms with E-state index in [9.17, 15) is 4.57 Å². The molecule has 4 rings (SSSR count). The molecule has 120 valence electrons. The quantitative estimate of drug-likeness (QED) is 0.524. The first-order chi connectivity index (χ1) is 11.5. The molecule has 0 amide bonds. The molecule has 1 aromatic heterocycles. The topological polar surface area (TPSA) is 79.7 Å². The predicted octanol–water partition coefficient (Wildman–Crippen LogP) is 4.59. The molecular weight excluding hydrogens is 345 g/mol. The van der Waals surface area contributed by atoms with Gasteiger partial charge in [-0.25, -0.2) is 9.55 Å². The van der Waals surface area contributed by atoms with Crippen LogP contribution in [0.5, 0.6) is 5.75 Å². The summed E-state index contributed by atoms with van der Waals surface area (Å²) >= 11 is 1.63. The average molecular weight is 357 g/mol. The molecule has 0 aliphatic rings. The van der Waals surface area contributed by atoms with Crippen LogP contribution < -0.4 is 4.52 Å². The van der Waals surface area contributed by atoms with E-state index in [4.69, 9.17) is 9.79 Å². The molecular formula is C17H12NO4PS. The fraction of sp³-hybridized carbons (Fsp3) is 0. The van der Waals surface area contributed by atoms with Gasteiger partial charge in [-0.05, 0) is 41.1 Å². The SMILES string of the molecule is O=P(O)(O)Oc1ccc2cc(-c3nc4ccccc4s3)ccc2c1. The first-order valence-corrected chi connectivity index (χ1v) is 9.47. The molecule has 0 aliphatic carbocycles. The number of rotatable bonds is 3. The van der Waals surface area contributed by atoms with Gasteiger partial charge in [-0.3, -0.25) is 9.79 Å². The smallest absolute Gasteiger partial charge is 0.404 e. The van der Waals surface area contributed by atoms with Crippen molar-refractivity contribution in [2.24, 2.45) is 0 Å². The van der Waals surface area contributed by atoms with Crippen LogP contribution in [-0.4, -0.2) is 14.8 Å². The monoisotopic (exact) mass is 357 g/mol. The predicted molar refractivity (Wildman–Crippen MR) is 95.2 cm³/mol. The normalized spacial score (nSPS) is 11.9. The van der Waals surface area contributed by atoms with Crippen molar-refractivity contribution in [3.63, 3.8) is 0 Å². The lowest BCUT2D eigenvalue weighted by molar-refractivity contribution is 0.283. The minimum atomic E-state index is -4.55. The second kappa shape index (κ2) is 5.69. The number of hydrogen-bond donors (Lipinski definition) is 2. The van der Waals surface area contributed by atoms with Gasteiger partial charge < -0.3 is 4.52 Å². The van der Waals surface area contributed by atoms with Gasteiger partial charge in [0.2, 0.25) is 0 Å². The molecule has 2 N–H and O–H groups in total. The zero-order chi connectivity index (χ0) is 16.7. The van der Waals surface area contributed by atoms with Crippen molar-refractivity contribution in [3.05, 3.63) is 60.7 Å². The summed E-state index contributed by atoms with van der Waals surface area (Å²) in [5.74, 6) is 0.142. The maximum absolute atomic E-state index is 10.9. The third kappa shape index (κ3) is 3.05. The van der Waals surface area contributed by atoms with Crippen molar-refractivity contribution in [3.8, 4) is 16.3 Å². The molecule has 1 heterocycles. The minimum Gasteiger partial charge on any atom is -0.404 e. The Bertz CT molecular complexity index is 1070. The Kier molecular flexibility index (Phi) is 3.62. The summed E-state index contributed by atoms with van der Waals surface area (Å²) in [5.41, 5.74) is 1.98. The fourth-order valence-corrected chi connectivity index (χ4v) is 3.90. The summed E-state index contributed by atoms with van der Waals surface area (Å²) in [4.78, 5) is 22.4. The Hall–Kier alpha value is -2.24. The molecule has 0 unspecified atom stereocenters. The van der Waals surface area contributed by atoms with E-state index in [1.54, 1.807) is 29.5 Å². The highest BCUT2D eigenvalue weighted by molar-refractivity contribution is 7.46. The van der Waals surface area contributed by atoms with Crippen LogP contribution in [0.25, 0.3) is 31.6 Å². The lowest BCUT2D eigenvalue weighted by Gasteiger charge is -2.08. The number of para-hydroxylation sites is 1. The summed E-state index contributed by atoms with van der Waals surface area (Å²) in [7, 11) is -4.55. The van der Waals surface area contributed by atoms with E-state index in [-0.39, 0.29) is 5.75 Å². The molecule has 0 saturated carbocycles. The lowest BCUT2D eigenvalue weighted by Crippen LogP contribution is -1.89. The molecule has 24 heavy (non-hydrogen) atoms. The molecule has 0 spiro atoms. The van der Waals surface area contributed by atoms with Crippen LogP contribution in [0.4, 0.5) is 0 Å². The van der Waals surface area contributed by atoms with Crippen LogP contribution in [0.3, 0.4) is 0 Å². The van der Waals surface area contributed by atoms with Gasteiger partial charge in [0.15, 0.2) is 0 Å². The number of hydrogen-bond acceptors (Lipinski definition) is 4. The van der Waals surface area contributed by atoms with Gasteiger partial charge in [0.1, 0.15) is 10.8 Å². The van der Waals surface area contributed by atoms with Crippen molar-refractivity contribution in [2.75, 3.05) is 0 Å². The molecule has 4 aromatic rings. The van der Waals surface area contributed by atoms with Crippen molar-refractivity contribution >= 4 is 40.1 Å². The molecule has 7 heteroatoms. The number of phosphoric ester groups is 1. The molecule has 0 bridgehead atoms. The van der Waals surface area contributed by atoms with Gasteiger partial charge >= 0.3 is 7.82 Å². The number of nitrogens with zero attached hydrogens (tertiary/aromatic N) is 1. The van der Waals surface area contributed by atoms with E-state index in [1.165, 1.54) is 0 Å². The summed E-state index contributed by atoms with van der Waals surface area (Å²) < 4.78 is 16.7. The van der Waals surface area contributed by atoms with Crippen molar-refractivity contribution in [2.45, 2.75) is 0 Å². The number of aromatic nitrogens is 1. The van der Waals surface area contributed by atoms with E-state index in [0.29, 0.717) is 0 Å². The molecule has 0 aliphatic heterocycles. The van der Waals surface area contributed by atoms with Crippen LogP contribution >= 0.6 is 19.2 Å². The highest BCUT2D eigenvalue weighted by Crippen LogP contribution is 2.39. The highest BCUT2D eigenvalue weighted by atomic mass is 32.1. The van der Waals surface area contributed by atoms with E-state index < -0.39 is 7.82 Å². The molecule has 0 atom stereocenters. The first kappa shape index (κ1) is 15.3. The van der Waals surface area contributed by atoms with Gasteiger partial charge in [0.25, 0.3) is 0 Å². The van der Waals surface area contributed by atoms with Gasteiger partial charge in [0.05, 0.1) is 10.2 Å². The van der Waals surface area contributed by atoms with Gasteiger partial charge in [-0.15, -0.1) is 11.3 Å². The minimum absolute atomic E-state index is 0.142. The second-order valence-electron chi connectivity index (χ2n) is 5.29. The van der Waals surface area contributed by atoms with Crippen LogP contribution in [-0.2, 0) is 4.57 Å². The van der Waals surface area contributed by atoms with E-state index >= 15 is 0 Å². The zero-order valence-electron chi connectivity index (χ0n) is 12.3. The molecule has 3 aromatic carbocycles. The van der Waals surface area contributed by atoms with Crippen LogP contribution in [0.1, 0.15) is 0 Å². The largest absolute Gasteiger partial charge is 0.524 e. The molecule has 0 saturated heterocycles. The molecule has 5 nitrogen and oxygen atoms in total. The summed E-state index contributed by atoms with van der Waals surface area (Å²) in [6.45, 7) is 0. The third-order valence-corrected chi connectivity index (χ3v) is 5.11. The fourth-order valence-electron chi connectivity index (χ4n) is 2.55. The number of benzene rings is 3. The Morgan fingerprint density at radius 3 is 2.50 bits per heavy atom. The Labute approximate surface area is 141 Å². The maximum Gasteiger partial charge on any atom is 0.524 e. The van der Waals surface area contributed by atoms with Crippen LogP contribution in [0.2, 0.25) is 0 Å². The Morgan fingerprint density at radius 2 is 1.71 bits per heavy atom. The Morgan fingerprint density at radius 1 is 0.958 bits per heavy atom.